The molecule has 0 N–H and O–H groups in total. The first-order valence-corrected chi connectivity index (χ1v) is 10.9. The van der Waals surface area contributed by atoms with E-state index in [9.17, 15) is 40.6 Å². The summed E-state index contributed by atoms with van der Waals surface area (Å²) in [5.74, 6) is -2.48. The average molecular weight is 524 g/mol. The van der Waals surface area contributed by atoms with Gasteiger partial charge in [-0.25, -0.2) is 4.39 Å². The van der Waals surface area contributed by atoms with Gasteiger partial charge >= 0.3 is 12.4 Å². The molecule has 4 rings (SSSR count). The molecule has 37 heavy (non-hydrogen) atoms. The maximum absolute atomic E-state index is 13.5. The minimum atomic E-state index is -5.04. The lowest BCUT2D eigenvalue weighted by atomic mass is 9.94. The molecule has 0 spiro atoms. The van der Waals surface area contributed by atoms with E-state index in [1.807, 2.05) is 0 Å². The van der Waals surface area contributed by atoms with Gasteiger partial charge in [0.25, 0.3) is 0 Å². The maximum atomic E-state index is 13.5. The number of halogens is 7. The zero-order valence-corrected chi connectivity index (χ0v) is 18.8. The first kappa shape index (κ1) is 26.2. The van der Waals surface area contributed by atoms with Crippen molar-refractivity contribution in [2.24, 2.45) is 0 Å². The van der Waals surface area contributed by atoms with Crippen LogP contribution in [-0.2, 0) is 19.0 Å². The average Bonchev–Trinajstić information content (AvgIpc) is 3.32. The molecule has 4 nitrogen and oxygen atoms in total. The summed E-state index contributed by atoms with van der Waals surface area (Å²) in [5, 5.41) is 11.4. The number of carboxylic acids is 1. The van der Waals surface area contributed by atoms with Gasteiger partial charge in [-0.3, -0.25) is 4.98 Å². The highest BCUT2D eigenvalue weighted by Crippen LogP contribution is 2.45. The highest BCUT2D eigenvalue weighted by molar-refractivity contribution is 5.96. The van der Waals surface area contributed by atoms with Crippen LogP contribution >= 0.6 is 0 Å². The van der Waals surface area contributed by atoms with Gasteiger partial charge in [-0.05, 0) is 77.9 Å². The molecule has 0 saturated carbocycles. The van der Waals surface area contributed by atoms with E-state index in [-0.39, 0.29) is 36.3 Å². The minimum Gasteiger partial charge on any atom is -0.545 e. The van der Waals surface area contributed by atoms with E-state index in [1.165, 1.54) is 24.3 Å². The number of carbonyl (C=O) groups excluding carboxylic acids is 1. The number of carboxylic acid groups (broad SMARTS) is 1. The Balaban J connectivity index is 1.81. The Morgan fingerprint density at radius 1 is 0.919 bits per heavy atom. The number of aromatic carboxylic acids is 1. The quantitative estimate of drug-likeness (QED) is 0.356. The molecule has 1 aromatic heterocycles. The van der Waals surface area contributed by atoms with E-state index >= 15 is 0 Å². The Morgan fingerprint density at radius 2 is 1.59 bits per heavy atom. The van der Waals surface area contributed by atoms with E-state index in [0.717, 1.165) is 30.5 Å². The fraction of sp³-hybridized carbons (Fsp3) is 0.231. The van der Waals surface area contributed by atoms with E-state index in [1.54, 1.807) is 0 Å². The smallest absolute Gasteiger partial charge is 0.433 e. The van der Waals surface area contributed by atoms with Crippen LogP contribution in [0.15, 0.2) is 54.7 Å². The van der Waals surface area contributed by atoms with Crippen molar-refractivity contribution in [3.05, 3.63) is 94.1 Å². The molecule has 1 aliphatic rings. The molecule has 1 heterocycles. The Kier molecular flexibility index (Phi) is 6.98. The van der Waals surface area contributed by atoms with Crippen molar-refractivity contribution in [1.82, 2.24) is 4.98 Å². The summed E-state index contributed by atoms with van der Waals surface area (Å²) < 4.78 is 99.1. The molecule has 0 radical (unpaired) electrons. The predicted molar refractivity (Wildman–Crippen MR) is 116 cm³/mol. The molecular weight excluding hydrogens is 507 g/mol. The predicted octanol–water partition coefficient (Wildman–Crippen LogP) is 6.30. The number of carbonyl (C=O) groups is 1. The van der Waals surface area contributed by atoms with Gasteiger partial charge in [0.2, 0.25) is 0 Å². The van der Waals surface area contributed by atoms with Crippen molar-refractivity contribution in [3.63, 3.8) is 0 Å². The van der Waals surface area contributed by atoms with Crippen molar-refractivity contribution in [2.75, 3.05) is 0 Å². The van der Waals surface area contributed by atoms with Crippen molar-refractivity contribution < 1.29 is 45.4 Å². The molecule has 0 atom stereocenters. The Hall–Kier alpha value is -3.89. The number of alkyl halides is 6. The standard InChI is InChI=1S/C26H18F7NO3/c27-17-7-4-14(5-8-17)13-37-22-9-6-16(25(28,29)30)11-20(22)19-3-1-2-18(19)15-10-21(24(35)36)23(34-12-15)26(31,32)33/h4-12H,1-3,13H2,(H,35,36)/p-1. The van der Waals surface area contributed by atoms with Crippen LogP contribution in [0.4, 0.5) is 30.7 Å². The number of benzene rings is 2. The van der Waals surface area contributed by atoms with Crippen LogP contribution in [0.2, 0.25) is 0 Å². The molecular formula is C26H17F7NO3-. The zero-order chi connectivity index (χ0) is 27.0. The van der Waals surface area contributed by atoms with Gasteiger partial charge in [0.15, 0.2) is 5.69 Å². The van der Waals surface area contributed by atoms with Gasteiger partial charge in [-0.1, -0.05) is 12.1 Å². The van der Waals surface area contributed by atoms with Crippen LogP contribution in [0.5, 0.6) is 5.75 Å². The van der Waals surface area contributed by atoms with Crippen LogP contribution in [0.1, 0.15) is 57.6 Å². The number of aromatic nitrogens is 1. The fourth-order valence-corrected chi connectivity index (χ4v) is 4.18. The largest absolute Gasteiger partial charge is 0.545 e. The molecule has 0 bridgehead atoms. The van der Waals surface area contributed by atoms with Gasteiger partial charge in [0.1, 0.15) is 18.2 Å². The van der Waals surface area contributed by atoms with Gasteiger partial charge in [0.05, 0.1) is 11.5 Å². The van der Waals surface area contributed by atoms with Gasteiger partial charge < -0.3 is 14.6 Å². The molecule has 2 aromatic carbocycles. The molecule has 194 valence electrons. The lowest BCUT2D eigenvalue weighted by molar-refractivity contribution is -0.255. The second kappa shape index (κ2) is 9.87. The summed E-state index contributed by atoms with van der Waals surface area (Å²) in [4.78, 5) is 14.7. The maximum Gasteiger partial charge on any atom is 0.433 e. The lowest BCUT2D eigenvalue weighted by Crippen LogP contribution is -2.27. The van der Waals surface area contributed by atoms with Crippen LogP contribution in [0, 0.1) is 5.82 Å². The molecule has 1 aliphatic carbocycles. The minimum absolute atomic E-state index is 0.0293. The third-order valence-electron chi connectivity index (χ3n) is 5.88. The molecule has 0 unspecified atom stereocenters. The summed E-state index contributed by atoms with van der Waals surface area (Å²) in [6.45, 7) is -0.0854. The summed E-state index contributed by atoms with van der Waals surface area (Å²) in [5.41, 5.74) is -2.38. The first-order valence-electron chi connectivity index (χ1n) is 10.9. The van der Waals surface area contributed by atoms with E-state index in [2.05, 4.69) is 4.98 Å². The molecule has 0 aliphatic heterocycles. The molecule has 0 fully saturated rings. The van der Waals surface area contributed by atoms with Gasteiger partial charge in [-0.2, -0.15) is 26.3 Å². The van der Waals surface area contributed by atoms with Gasteiger partial charge in [-0.15, -0.1) is 0 Å². The number of allylic oxidation sites excluding steroid dienone is 2. The zero-order valence-electron chi connectivity index (χ0n) is 18.8. The summed E-state index contributed by atoms with van der Waals surface area (Å²) in [6, 6.07) is 8.96. The number of hydrogen-bond acceptors (Lipinski definition) is 4. The summed E-state index contributed by atoms with van der Waals surface area (Å²) in [6.07, 6.45) is -7.87. The van der Waals surface area contributed by atoms with Crippen LogP contribution in [0.3, 0.4) is 0 Å². The second-order valence-electron chi connectivity index (χ2n) is 8.34. The van der Waals surface area contributed by atoms with Crippen LogP contribution in [-0.4, -0.2) is 11.0 Å². The van der Waals surface area contributed by atoms with Crippen molar-refractivity contribution in [2.45, 2.75) is 38.2 Å². The molecule has 0 amide bonds. The molecule has 0 saturated heterocycles. The monoisotopic (exact) mass is 524 g/mol. The fourth-order valence-electron chi connectivity index (χ4n) is 4.18. The summed E-state index contributed by atoms with van der Waals surface area (Å²) >= 11 is 0. The number of nitrogens with zero attached hydrogens (tertiary/aromatic N) is 1. The first-order chi connectivity index (χ1) is 17.3. The number of ether oxygens (including phenoxy) is 1. The van der Waals surface area contributed by atoms with Crippen molar-refractivity contribution in [3.8, 4) is 5.75 Å². The van der Waals surface area contributed by atoms with Crippen molar-refractivity contribution >= 4 is 17.1 Å². The number of pyridine rings is 1. The van der Waals surface area contributed by atoms with E-state index in [0.29, 0.717) is 23.1 Å². The number of hydrogen-bond donors (Lipinski definition) is 0. The normalized spacial score (nSPS) is 14.2. The second-order valence-corrected chi connectivity index (χ2v) is 8.34. The number of rotatable bonds is 6. The highest BCUT2D eigenvalue weighted by Gasteiger charge is 2.36. The van der Waals surface area contributed by atoms with Crippen molar-refractivity contribution in [1.29, 1.82) is 0 Å². The lowest BCUT2D eigenvalue weighted by Gasteiger charge is -2.18. The highest BCUT2D eigenvalue weighted by atomic mass is 19.4. The third-order valence-corrected chi connectivity index (χ3v) is 5.88. The van der Waals surface area contributed by atoms with Crippen LogP contribution in [0.25, 0.3) is 11.1 Å². The van der Waals surface area contributed by atoms with E-state index < -0.39 is 41.0 Å². The molecule has 11 heteroatoms. The SMILES string of the molecule is O=C([O-])c1cc(C2=C(c3cc(C(F)(F)F)ccc3OCc3ccc(F)cc3)CCC2)cnc1C(F)(F)F. The Bertz CT molecular complexity index is 1360. The molecule has 3 aromatic rings. The third kappa shape index (κ3) is 5.76. The van der Waals surface area contributed by atoms with Crippen LogP contribution < -0.4 is 9.84 Å². The topological polar surface area (TPSA) is 62.2 Å². The Morgan fingerprint density at radius 3 is 2.22 bits per heavy atom. The van der Waals surface area contributed by atoms with Gasteiger partial charge in [0, 0.05) is 17.3 Å². The summed E-state index contributed by atoms with van der Waals surface area (Å²) in [7, 11) is 0. The van der Waals surface area contributed by atoms with E-state index in [4.69, 9.17) is 4.74 Å². The Labute approximate surface area is 206 Å².